The number of nitrogens with one attached hydrogen (secondary N) is 1. The molecule has 194 valence electrons. The molecular formula is C26H25F4N5O2. The number of rotatable bonds is 6. The molecular weight excluding hydrogens is 490 g/mol. The van der Waals surface area contributed by atoms with E-state index < -0.39 is 23.5 Å². The molecule has 0 radical (unpaired) electrons. The summed E-state index contributed by atoms with van der Waals surface area (Å²) in [5, 5.41) is 2.76. The fourth-order valence-corrected chi connectivity index (χ4v) is 4.70. The zero-order valence-corrected chi connectivity index (χ0v) is 20.1. The first-order valence-electron chi connectivity index (χ1n) is 12.0. The van der Waals surface area contributed by atoms with E-state index in [-0.39, 0.29) is 60.1 Å². The molecule has 1 aliphatic carbocycles. The molecule has 1 N–H and O–H groups in total. The zero-order chi connectivity index (χ0) is 26.2. The lowest BCUT2D eigenvalue weighted by atomic mass is 9.83. The van der Waals surface area contributed by atoms with Gasteiger partial charge in [-0.05, 0) is 37.1 Å². The highest BCUT2D eigenvalue weighted by atomic mass is 19.3. The number of pyridine rings is 1. The van der Waals surface area contributed by atoms with Gasteiger partial charge in [-0.1, -0.05) is 0 Å². The topological polar surface area (TPSA) is 80.2 Å². The molecule has 2 aromatic heterocycles. The summed E-state index contributed by atoms with van der Waals surface area (Å²) >= 11 is 0. The fraction of sp³-hybridized carbons (Fsp3) is 0.385. The van der Waals surface area contributed by atoms with Crippen molar-refractivity contribution in [2.75, 3.05) is 30.4 Å². The second-order valence-electron chi connectivity index (χ2n) is 9.36. The largest absolute Gasteiger partial charge is 0.378 e. The number of carbonyl (C=O) groups excluding carboxylic acids is 1. The van der Waals surface area contributed by atoms with E-state index in [9.17, 15) is 22.4 Å². The Balaban J connectivity index is 1.46. The van der Waals surface area contributed by atoms with Crippen molar-refractivity contribution in [3.05, 3.63) is 65.7 Å². The standard InChI is InChI=1S/C26H25F4N5O2/c1-37-18-13-35(14-18)25-32-11-16(12-33-25)24(36)34-23-19(20-10-17(27)2-3-21(20)28)6-9-31-22(23)15-4-7-26(29,30)8-5-15/h2-3,6,9-12,15,18H,4-5,7-8,13-14H2,1H3,(H,34,36). The number of alkyl halides is 2. The lowest BCUT2D eigenvalue weighted by Gasteiger charge is -2.37. The van der Waals surface area contributed by atoms with Crippen LogP contribution in [0.2, 0.25) is 0 Å². The number of hydrogen-bond donors (Lipinski definition) is 1. The monoisotopic (exact) mass is 515 g/mol. The first-order chi connectivity index (χ1) is 17.7. The number of nitrogens with zero attached hydrogens (tertiary/aromatic N) is 4. The Morgan fingerprint density at radius 3 is 2.43 bits per heavy atom. The normalized spacial score (nSPS) is 17.9. The van der Waals surface area contributed by atoms with Gasteiger partial charge in [-0.2, -0.15) is 0 Å². The summed E-state index contributed by atoms with van der Waals surface area (Å²) in [5.74, 6) is -4.62. The molecule has 0 spiro atoms. The Hall–Kier alpha value is -3.60. The number of ether oxygens (including phenoxy) is 1. The summed E-state index contributed by atoms with van der Waals surface area (Å²) in [5.41, 5.74) is 0.785. The predicted molar refractivity (Wildman–Crippen MR) is 129 cm³/mol. The quantitative estimate of drug-likeness (QED) is 0.455. The summed E-state index contributed by atoms with van der Waals surface area (Å²) in [4.78, 5) is 28.0. The summed E-state index contributed by atoms with van der Waals surface area (Å²) in [6, 6.07) is 4.48. The molecule has 3 aromatic rings. The van der Waals surface area contributed by atoms with Crippen molar-refractivity contribution in [1.29, 1.82) is 0 Å². The highest BCUT2D eigenvalue weighted by Gasteiger charge is 2.37. The number of hydrogen-bond acceptors (Lipinski definition) is 6. The van der Waals surface area contributed by atoms with Crippen molar-refractivity contribution >= 4 is 17.5 Å². The molecule has 37 heavy (non-hydrogen) atoms. The van der Waals surface area contributed by atoms with Crippen LogP contribution in [0.3, 0.4) is 0 Å². The van der Waals surface area contributed by atoms with E-state index in [2.05, 4.69) is 20.3 Å². The van der Waals surface area contributed by atoms with Gasteiger partial charge in [0.15, 0.2) is 0 Å². The van der Waals surface area contributed by atoms with Gasteiger partial charge in [0.1, 0.15) is 11.6 Å². The van der Waals surface area contributed by atoms with Gasteiger partial charge in [0.05, 0.1) is 23.0 Å². The molecule has 0 atom stereocenters. The van der Waals surface area contributed by atoms with Gasteiger partial charge in [0, 0.05) is 68.7 Å². The van der Waals surface area contributed by atoms with Gasteiger partial charge in [-0.15, -0.1) is 0 Å². The average molecular weight is 516 g/mol. The van der Waals surface area contributed by atoms with E-state index in [1.54, 1.807) is 7.11 Å². The van der Waals surface area contributed by atoms with Crippen molar-refractivity contribution in [3.8, 4) is 11.1 Å². The summed E-state index contributed by atoms with van der Waals surface area (Å²) < 4.78 is 61.7. The van der Waals surface area contributed by atoms with E-state index in [0.29, 0.717) is 24.7 Å². The van der Waals surface area contributed by atoms with Gasteiger partial charge >= 0.3 is 0 Å². The van der Waals surface area contributed by atoms with Gasteiger partial charge in [-0.25, -0.2) is 27.5 Å². The number of benzene rings is 1. The maximum atomic E-state index is 14.8. The van der Waals surface area contributed by atoms with E-state index in [1.165, 1.54) is 24.7 Å². The summed E-state index contributed by atoms with van der Waals surface area (Å²) in [7, 11) is 1.63. The molecule has 1 saturated carbocycles. The molecule has 1 aliphatic heterocycles. The third kappa shape index (κ3) is 5.27. The lowest BCUT2D eigenvalue weighted by Crippen LogP contribution is -2.52. The molecule has 0 bridgehead atoms. The maximum absolute atomic E-state index is 14.8. The van der Waals surface area contributed by atoms with Crippen molar-refractivity contribution in [1.82, 2.24) is 15.0 Å². The summed E-state index contributed by atoms with van der Waals surface area (Å²) in [6.45, 7) is 1.29. The van der Waals surface area contributed by atoms with Crippen LogP contribution in [0.25, 0.3) is 11.1 Å². The van der Waals surface area contributed by atoms with Crippen molar-refractivity contribution in [3.63, 3.8) is 0 Å². The number of anilines is 2. The van der Waals surface area contributed by atoms with Crippen LogP contribution in [0, 0.1) is 11.6 Å². The van der Waals surface area contributed by atoms with E-state index in [1.807, 2.05) is 4.90 Å². The molecule has 2 aliphatic rings. The van der Waals surface area contributed by atoms with Crippen molar-refractivity contribution in [2.45, 2.75) is 43.6 Å². The van der Waals surface area contributed by atoms with Crippen LogP contribution in [0.4, 0.5) is 29.2 Å². The molecule has 1 saturated heterocycles. The number of carbonyl (C=O) groups is 1. The highest BCUT2D eigenvalue weighted by molar-refractivity contribution is 6.06. The second-order valence-corrected chi connectivity index (χ2v) is 9.36. The smallest absolute Gasteiger partial charge is 0.258 e. The average Bonchev–Trinajstić information content (AvgIpc) is 2.86. The van der Waals surface area contributed by atoms with E-state index in [0.717, 1.165) is 18.2 Å². The number of aromatic nitrogens is 3. The zero-order valence-electron chi connectivity index (χ0n) is 20.1. The van der Waals surface area contributed by atoms with Crippen LogP contribution in [0.5, 0.6) is 0 Å². The van der Waals surface area contributed by atoms with Crippen LogP contribution in [-0.2, 0) is 4.74 Å². The van der Waals surface area contributed by atoms with Gasteiger partial charge in [-0.3, -0.25) is 9.78 Å². The molecule has 11 heteroatoms. The number of halogens is 4. The van der Waals surface area contributed by atoms with Crippen LogP contribution < -0.4 is 10.2 Å². The Bertz CT molecular complexity index is 1290. The first-order valence-corrected chi connectivity index (χ1v) is 12.0. The number of methoxy groups -OCH3 is 1. The Labute approximate surface area is 210 Å². The summed E-state index contributed by atoms with van der Waals surface area (Å²) in [6.07, 6.45) is 3.92. The first kappa shape index (κ1) is 25.1. The van der Waals surface area contributed by atoms with Crippen LogP contribution in [-0.4, -0.2) is 53.1 Å². The second kappa shape index (κ2) is 10.0. The molecule has 3 heterocycles. The Kier molecular flexibility index (Phi) is 6.80. The maximum Gasteiger partial charge on any atom is 0.258 e. The SMILES string of the molecule is COC1CN(c2ncc(C(=O)Nc3c(-c4cc(F)ccc4F)ccnc3C3CCC(F)(F)CC3)cn2)C1. The van der Waals surface area contributed by atoms with Crippen LogP contribution >= 0.6 is 0 Å². The fourth-order valence-electron chi connectivity index (χ4n) is 4.70. The van der Waals surface area contributed by atoms with Gasteiger partial charge in [0.2, 0.25) is 11.9 Å². The molecule has 1 amide bonds. The minimum Gasteiger partial charge on any atom is -0.378 e. The van der Waals surface area contributed by atoms with Gasteiger partial charge < -0.3 is 15.0 Å². The van der Waals surface area contributed by atoms with Crippen molar-refractivity contribution < 1.29 is 27.1 Å². The molecule has 0 unspecified atom stereocenters. The lowest BCUT2D eigenvalue weighted by molar-refractivity contribution is -0.0384. The number of amides is 1. The molecule has 5 rings (SSSR count). The van der Waals surface area contributed by atoms with Crippen LogP contribution in [0.1, 0.15) is 47.7 Å². The van der Waals surface area contributed by atoms with E-state index in [4.69, 9.17) is 4.74 Å². The highest BCUT2D eigenvalue weighted by Crippen LogP contribution is 2.44. The Morgan fingerprint density at radius 2 is 1.76 bits per heavy atom. The minimum atomic E-state index is -2.76. The Morgan fingerprint density at radius 1 is 1.05 bits per heavy atom. The minimum absolute atomic E-state index is 0.0721. The van der Waals surface area contributed by atoms with Crippen LogP contribution in [0.15, 0.2) is 42.9 Å². The molecule has 1 aromatic carbocycles. The predicted octanol–water partition coefficient (Wildman–Crippen LogP) is 5.20. The molecule has 2 fully saturated rings. The van der Waals surface area contributed by atoms with Crippen molar-refractivity contribution in [2.24, 2.45) is 0 Å². The third-order valence-corrected chi connectivity index (χ3v) is 6.91. The van der Waals surface area contributed by atoms with Gasteiger partial charge in [0.25, 0.3) is 5.91 Å². The third-order valence-electron chi connectivity index (χ3n) is 6.91. The van der Waals surface area contributed by atoms with E-state index >= 15 is 0 Å². The molecule has 7 nitrogen and oxygen atoms in total.